The Labute approximate surface area is 97.8 Å². The van der Waals surface area contributed by atoms with E-state index in [1.807, 2.05) is 0 Å². The standard InChI is InChI=1S/C12H24N2O2/c1-9(15)7-12(2,3)8-14-11(16)10-5-4-6-13-10/h9-10,13,15H,4-8H2,1-3H3,(H,14,16). The molecule has 94 valence electrons. The van der Waals surface area contributed by atoms with E-state index in [1.165, 1.54) is 0 Å². The zero-order valence-corrected chi connectivity index (χ0v) is 10.5. The molecule has 0 aromatic carbocycles. The molecular formula is C12H24N2O2. The number of carbonyl (C=O) groups is 1. The van der Waals surface area contributed by atoms with Gasteiger partial charge in [-0.25, -0.2) is 0 Å². The molecule has 0 aromatic rings. The molecule has 0 radical (unpaired) electrons. The van der Waals surface area contributed by atoms with Crippen molar-refractivity contribution >= 4 is 5.91 Å². The second-order valence-electron chi connectivity index (χ2n) is 5.58. The van der Waals surface area contributed by atoms with E-state index in [4.69, 9.17) is 0 Å². The van der Waals surface area contributed by atoms with Crippen molar-refractivity contribution in [1.29, 1.82) is 0 Å². The van der Waals surface area contributed by atoms with Crippen molar-refractivity contribution in [2.24, 2.45) is 5.41 Å². The molecule has 0 saturated carbocycles. The molecule has 4 nitrogen and oxygen atoms in total. The van der Waals surface area contributed by atoms with Crippen LogP contribution in [-0.4, -0.2) is 36.2 Å². The Morgan fingerprint density at radius 1 is 1.62 bits per heavy atom. The molecule has 16 heavy (non-hydrogen) atoms. The second kappa shape index (κ2) is 5.64. The third kappa shape index (κ3) is 4.49. The van der Waals surface area contributed by atoms with Crippen LogP contribution in [0.2, 0.25) is 0 Å². The molecule has 1 rings (SSSR count). The molecule has 1 heterocycles. The number of aliphatic hydroxyl groups is 1. The summed E-state index contributed by atoms with van der Waals surface area (Å²) in [6, 6.07) is -0.0117. The molecule has 0 aromatic heterocycles. The normalized spacial score (nSPS) is 23.1. The van der Waals surface area contributed by atoms with Crippen molar-refractivity contribution in [3.8, 4) is 0 Å². The van der Waals surface area contributed by atoms with Gasteiger partial charge in [0.25, 0.3) is 0 Å². The Balaban J connectivity index is 2.29. The van der Waals surface area contributed by atoms with Crippen LogP contribution in [0.25, 0.3) is 0 Å². The lowest BCUT2D eigenvalue weighted by Crippen LogP contribution is -2.44. The van der Waals surface area contributed by atoms with Gasteiger partial charge in [-0.15, -0.1) is 0 Å². The van der Waals surface area contributed by atoms with Crippen LogP contribution in [0.15, 0.2) is 0 Å². The monoisotopic (exact) mass is 228 g/mol. The lowest BCUT2D eigenvalue weighted by Gasteiger charge is -2.27. The maximum absolute atomic E-state index is 11.7. The Bertz CT molecular complexity index is 233. The third-order valence-electron chi connectivity index (χ3n) is 2.97. The summed E-state index contributed by atoms with van der Waals surface area (Å²) in [6.45, 7) is 7.45. The molecule has 1 aliphatic rings. The molecule has 4 heteroatoms. The topological polar surface area (TPSA) is 61.4 Å². The van der Waals surface area contributed by atoms with E-state index in [0.717, 1.165) is 19.4 Å². The quantitative estimate of drug-likeness (QED) is 0.647. The molecule has 1 aliphatic heterocycles. The minimum Gasteiger partial charge on any atom is -0.393 e. The first-order valence-corrected chi connectivity index (χ1v) is 6.10. The summed E-state index contributed by atoms with van der Waals surface area (Å²) >= 11 is 0. The molecule has 3 N–H and O–H groups in total. The van der Waals surface area contributed by atoms with Gasteiger partial charge in [-0.3, -0.25) is 4.79 Å². The Morgan fingerprint density at radius 3 is 2.81 bits per heavy atom. The van der Waals surface area contributed by atoms with Crippen LogP contribution in [0.1, 0.15) is 40.0 Å². The highest BCUT2D eigenvalue weighted by Gasteiger charge is 2.25. The highest BCUT2D eigenvalue weighted by Crippen LogP contribution is 2.21. The first-order valence-electron chi connectivity index (χ1n) is 6.10. The Kier molecular flexibility index (Phi) is 4.74. The van der Waals surface area contributed by atoms with Crippen molar-refractivity contribution in [3.05, 3.63) is 0 Å². The van der Waals surface area contributed by atoms with Crippen LogP contribution in [0.4, 0.5) is 0 Å². The zero-order chi connectivity index (χ0) is 12.2. The van der Waals surface area contributed by atoms with Crippen LogP contribution < -0.4 is 10.6 Å². The Morgan fingerprint density at radius 2 is 2.31 bits per heavy atom. The predicted molar refractivity (Wildman–Crippen MR) is 64.1 cm³/mol. The Hall–Kier alpha value is -0.610. The average molecular weight is 228 g/mol. The van der Waals surface area contributed by atoms with E-state index in [2.05, 4.69) is 24.5 Å². The summed E-state index contributed by atoms with van der Waals surface area (Å²) in [7, 11) is 0. The molecule has 0 spiro atoms. The number of hydrogen-bond donors (Lipinski definition) is 3. The van der Waals surface area contributed by atoms with E-state index >= 15 is 0 Å². The minimum absolute atomic E-state index is 0.0117. The van der Waals surface area contributed by atoms with Crippen LogP contribution in [0.3, 0.4) is 0 Å². The summed E-state index contributed by atoms with van der Waals surface area (Å²) in [6.07, 6.45) is 2.39. The second-order valence-corrected chi connectivity index (χ2v) is 5.58. The van der Waals surface area contributed by atoms with Gasteiger partial charge in [0.1, 0.15) is 0 Å². The fourth-order valence-electron chi connectivity index (χ4n) is 2.23. The first-order chi connectivity index (χ1) is 7.41. The van der Waals surface area contributed by atoms with E-state index in [9.17, 15) is 9.90 Å². The maximum Gasteiger partial charge on any atom is 0.237 e. The fraction of sp³-hybridized carbons (Fsp3) is 0.917. The molecule has 1 saturated heterocycles. The SMILES string of the molecule is CC(O)CC(C)(C)CNC(=O)C1CCCN1. The van der Waals surface area contributed by atoms with E-state index in [1.54, 1.807) is 6.92 Å². The van der Waals surface area contributed by atoms with Gasteiger partial charge in [0.2, 0.25) is 5.91 Å². The van der Waals surface area contributed by atoms with Gasteiger partial charge in [-0.05, 0) is 38.1 Å². The predicted octanol–water partition coefficient (Wildman–Crippen LogP) is 0.652. The molecule has 1 amide bonds. The lowest BCUT2D eigenvalue weighted by molar-refractivity contribution is -0.123. The van der Waals surface area contributed by atoms with Crippen molar-refractivity contribution in [1.82, 2.24) is 10.6 Å². The van der Waals surface area contributed by atoms with E-state index < -0.39 is 0 Å². The summed E-state index contributed by atoms with van der Waals surface area (Å²) in [5, 5.41) is 15.5. The number of nitrogens with one attached hydrogen (secondary N) is 2. The molecule has 2 atom stereocenters. The maximum atomic E-state index is 11.7. The summed E-state index contributed by atoms with van der Waals surface area (Å²) in [4.78, 5) is 11.7. The molecular weight excluding hydrogens is 204 g/mol. The molecule has 2 unspecified atom stereocenters. The first kappa shape index (κ1) is 13.5. The number of carbonyl (C=O) groups excluding carboxylic acids is 1. The highest BCUT2D eigenvalue weighted by molar-refractivity contribution is 5.82. The molecule has 1 fully saturated rings. The van der Waals surface area contributed by atoms with Gasteiger partial charge in [-0.2, -0.15) is 0 Å². The van der Waals surface area contributed by atoms with Crippen LogP contribution >= 0.6 is 0 Å². The largest absolute Gasteiger partial charge is 0.393 e. The van der Waals surface area contributed by atoms with E-state index in [0.29, 0.717) is 13.0 Å². The summed E-state index contributed by atoms with van der Waals surface area (Å²) < 4.78 is 0. The van der Waals surface area contributed by atoms with Gasteiger partial charge in [0.05, 0.1) is 12.1 Å². The molecule has 0 bridgehead atoms. The van der Waals surface area contributed by atoms with Crippen LogP contribution in [-0.2, 0) is 4.79 Å². The van der Waals surface area contributed by atoms with Gasteiger partial charge >= 0.3 is 0 Å². The number of amides is 1. The van der Waals surface area contributed by atoms with E-state index in [-0.39, 0.29) is 23.5 Å². The van der Waals surface area contributed by atoms with Gasteiger partial charge < -0.3 is 15.7 Å². The van der Waals surface area contributed by atoms with Crippen molar-refractivity contribution < 1.29 is 9.90 Å². The number of rotatable bonds is 5. The fourth-order valence-corrected chi connectivity index (χ4v) is 2.23. The number of hydrogen-bond acceptors (Lipinski definition) is 3. The zero-order valence-electron chi connectivity index (χ0n) is 10.5. The van der Waals surface area contributed by atoms with Gasteiger partial charge in [-0.1, -0.05) is 13.8 Å². The number of aliphatic hydroxyl groups excluding tert-OH is 1. The van der Waals surface area contributed by atoms with Crippen LogP contribution in [0.5, 0.6) is 0 Å². The van der Waals surface area contributed by atoms with Crippen molar-refractivity contribution in [2.75, 3.05) is 13.1 Å². The van der Waals surface area contributed by atoms with Crippen molar-refractivity contribution in [2.45, 2.75) is 52.2 Å². The lowest BCUT2D eigenvalue weighted by atomic mass is 9.87. The smallest absolute Gasteiger partial charge is 0.237 e. The van der Waals surface area contributed by atoms with Crippen LogP contribution in [0, 0.1) is 5.41 Å². The minimum atomic E-state index is -0.323. The van der Waals surface area contributed by atoms with Gasteiger partial charge in [0.15, 0.2) is 0 Å². The molecule has 0 aliphatic carbocycles. The summed E-state index contributed by atoms with van der Waals surface area (Å²) in [5.74, 6) is 0.0937. The summed E-state index contributed by atoms with van der Waals surface area (Å²) in [5.41, 5.74) is -0.0531. The third-order valence-corrected chi connectivity index (χ3v) is 2.97. The average Bonchev–Trinajstić information content (AvgIpc) is 2.64. The van der Waals surface area contributed by atoms with Gasteiger partial charge in [0, 0.05) is 6.54 Å². The highest BCUT2D eigenvalue weighted by atomic mass is 16.3. The van der Waals surface area contributed by atoms with Crippen molar-refractivity contribution in [3.63, 3.8) is 0 Å².